The summed E-state index contributed by atoms with van der Waals surface area (Å²) in [6, 6.07) is 8.14. The molecule has 0 aliphatic rings. The molecule has 0 unspecified atom stereocenters. The number of rotatable bonds is 4. The first-order valence-corrected chi connectivity index (χ1v) is 7.20. The van der Waals surface area contributed by atoms with Crippen molar-refractivity contribution < 1.29 is 9.90 Å². The Labute approximate surface area is 122 Å². The van der Waals surface area contributed by atoms with Crippen LogP contribution in [0.5, 0.6) is 0 Å². The van der Waals surface area contributed by atoms with Crippen molar-refractivity contribution in [2.24, 2.45) is 0 Å². The zero-order chi connectivity index (χ0) is 14.9. The molecule has 1 N–H and O–H groups in total. The fourth-order valence-electron chi connectivity index (χ4n) is 1.69. The van der Waals surface area contributed by atoms with E-state index in [4.69, 9.17) is 0 Å². The minimum Gasteiger partial charge on any atom is -0.481 e. The molecule has 0 bridgehead atoms. The molecule has 0 spiro atoms. The van der Waals surface area contributed by atoms with E-state index in [0.29, 0.717) is 5.69 Å². The van der Waals surface area contributed by atoms with Crippen LogP contribution in [-0.2, 0) is 10.2 Å². The number of carbonyl (C=O) groups is 1. The van der Waals surface area contributed by atoms with Gasteiger partial charge in [0.05, 0.1) is 5.69 Å². The van der Waals surface area contributed by atoms with E-state index in [0.717, 1.165) is 10.8 Å². The van der Waals surface area contributed by atoms with Crippen molar-refractivity contribution in [3.63, 3.8) is 0 Å². The quantitative estimate of drug-likeness (QED) is 0.935. The molecule has 5 heteroatoms. The number of nitrogens with zero attached hydrogens (tertiary/aromatic N) is 2. The highest BCUT2D eigenvalue weighted by molar-refractivity contribution is 7.13. The van der Waals surface area contributed by atoms with Crippen molar-refractivity contribution in [3.05, 3.63) is 40.9 Å². The molecular formula is C15H18N2O2S. The highest BCUT2D eigenvalue weighted by Gasteiger charge is 2.32. The number of carboxylic acid groups (broad SMARTS) is 1. The van der Waals surface area contributed by atoms with E-state index in [9.17, 15) is 9.90 Å². The first-order chi connectivity index (χ1) is 9.32. The fourth-order valence-corrected chi connectivity index (χ4v) is 2.67. The van der Waals surface area contributed by atoms with E-state index in [1.807, 2.05) is 48.5 Å². The van der Waals surface area contributed by atoms with E-state index >= 15 is 0 Å². The maximum absolute atomic E-state index is 11.3. The number of hydrogen-bond acceptors (Lipinski definition) is 4. The summed E-state index contributed by atoms with van der Waals surface area (Å²) in [5.41, 5.74) is 1.85. The number of aliphatic carboxylic acids is 1. The molecule has 2 rings (SSSR count). The van der Waals surface area contributed by atoms with Crippen molar-refractivity contribution in [2.45, 2.75) is 26.2 Å². The van der Waals surface area contributed by atoms with Gasteiger partial charge >= 0.3 is 5.97 Å². The maximum Gasteiger partial charge on any atom is 0.315 e. The summed E-state index contributed by atoms with van der Waals surface area (Å²) >= 11 is 1.45. The molecule has 0 aliphatic carbocycles. The lowest BCUT2D eigenvalue weighted by molar-refractivity contribution is -0.142. The molecule has 4 nitrogen and oxygen atoms in total. The zero-order valence-electron chi connectivity index (χ0n) is 12.0. The highest BCUT2D eigenvalue weighted by Crippen LogP contribution is 2.32. The van der Waals surface area contributed by atoms with Crippen LogP contribution in [0.2, 0.25) is 0 Å². The van der Waals surface area contributed by atoms with Gasteiger partial charge in [0.15, 0.2) is 5.13 Å². The van der Waals surface area contributed by atoms with Gasteiger partial charge in [-0.3, -0.25) is 4.79 Å². The molecule has 1 heterocycles. The molecule has 20 heavy (non-hydrogen) atoms. The third kappa shape index (κ3) is 2.67. The van der Waals surface area contributed by atoms with Crippen molar-refractivity contribution >= 4 is 28.1 Å². The standard InChI is InChI=1S/C15H18N2O2S/c1-10-5-7-11(8-6-10)17(4)14-16-12(9-20-14)15(2,3)13(18)19/h5-9H,1-4H3,(H,18,19). The van der Waals surface area contributed by atoms with Crippen LogP contribution in [0.15, 0.2) is 29.6 Å². The minimum absolute atomic E-state index is 0.587. The van der Waals surface area contributed by atoms with Gasteiger partial charge in [-0.05, 0) is 32.9 Å². The second kappa shape index (κ2) is 5.25. The summed E-state index contributed by atoms with van der Waals surface area (Å²) in [4.78, 5) is 17.7. The van der Waals surface area contributed by atoms with Gasteiger partial charge in [0.1, 0.15) is 5.41 Å². The minimum atomic E-state index is -0.969. The van der Waals surface area contributed by atoms with Gasteiger partial charge in [-0.25, -0.2) is 4.98 Å². The molecular weight excluding hydrogens is 272 g/mol. The van der Waals surface area contributed by atoms with E-state index in [2.05, 4.69) is 4.98 Å². The summed E-state index contributed by atoms with van der Waals surface area (Å²) in [5, 5.41) is 11.8. The van der Waals surface area contributed by atoms with Crippen LogP contribution in [0.25, 0.3) is 0 Å². The molecule has 0 saturated heterocycles. The summed E-state index contributed by atoms with van der Waals surface area (Å²) in [7, 11) is 1.93. The van der Waals surface area contributed by atoms with Crippen molar-refractivity contribution in [1.29, 1.82) is 0 Å². The van der Waals surface area contributed by atoms with E-state index in [1.165, 1.54) is 16.9 Å². The van der Waals surface area contributed by atoms with Crippen LogP contribution >= 0.6 is 11.3 Å². The number of aryl methyl sites for hydroxylation is 1. The molecule has 0 saturated carbocycles. The summed E-state index contributed by atoms with van der Waals surface area (Å²) in [6.45, 7) is 5.38. The first kappa shape index (κ1) is 14.5. The first-order valence-electron chi connectivity index (χ1n) is 6.32. The van der Waals surface area contributed by atoms with Gasteiger partial charge in [0.25, 0.3) is 0 Å². The SMILES string of the molecule is Cc1ccc(N(C)c2nc(C(C)(C)C(=O)O)cs2)cc1. The van der Waals surface area contributed by atoms with Gasteiger partial charge < -0.3 is 10.0 Å². The van der Waals surface area contributed by atoms with Crippen molar-refractivity contribution in [2.75, 3.05) is 11.9 Å². The topological polar surface area (TPSA) is 53.4 Å². The Kier molecular flexibility index (Phi) is 3.81. The second-order valence-corrected chi connectivity index (χ2v) is 6.18. The average molecular weight is 290 g/mol. The Morgan fingerprint density at radius 1 is 1.30 bits per heavy atom. The lowest BCUT2D eigenvalue weighted by atomic mass is 9.90. The van der Waals surface area contributed by atoms with E-state index < -0.39 is 11.4 Å². The maximum atomic E-state index is 11.3. The molecule has 0 fully saturated rings. The zero-order valence-corrected chi connectivity index (χ0v) is 12.9. The molecule has 0 atom stereocenters. The summed E-state index contributed by atoms with van der Waals surface area (Å²) in [6.07, 6.45) is 0. The lowest BCUT2D eigenvalue weighted by Gasteiger charge is -2.18. The molecule has 0 aliphatic heterocycles. The van der Waals surface area contributed by atoms with Gasteiger partial charge in [-0.2, -0.15) is 0 Å². The van der Waals surface area contributed by atoms with Crippen LogP contribution in [-0.4, -0.2) is 23.1 Å². The van der Waals surface area contributed by atoms with Crippen LogP contribution in [0, 0.1) is 6.92 Å². The van der Waals surface area contributed by atoms with Gasteiger partial charge in [-0.15, -0.1) is 11.3 Å². The van der Waals surface area contributed by atoms with Crippen LogP contribution in [0.4, 0.5) is 10.8 Å². The predicted octanol–water partition coefficient (Wildman–Crippen LogP) is 3.58. The number of benzene rings is 1. The smallest absolute Gasteiger partial charge is 0.315 e. The van der Waals surface area contributed by atoms with E-state index in [-0.39, 0.29) is 0 Å². The fraction of sp³-hybridized carbons (Fsp3) is 0.333. The van der Waals surface area contributed by atoms with Gasteiger partial charge in [-0.1, -0.05) is 17.7 Å². The molecule has 1 aromatic carbocycles. The molecule has 0 radical (unpaired) electrons. The molecule has 1 aromatic heterocycles. The lowest BCUT2D eigenvalue weighted by Crippen LogP contribution is -2.29. The third-order valence-electron chi connectivity index (χ3n) is 3.38. The van der Waals surface area contributed by atoms with Gasteiger partial charge in [0.2, 0.25) is 0 Å². The number of carboxylic acids is 1. The second-order valence-electron chi connectivity index (χ2n) is 5.34. The Morgan fingerprint density at radius 3 is 2.45 bits per heavy atom. The summed E-state index contributed by atoms with van der Waals surface area (Å²) in [5.74, 6) is -0.868. The van der Waals surface area contributed by atoms with Crippen molar-refractivity contribution in [1.82, 2.24) is 4.98 Å². The Hall–Kier alpha value is -1.88. The van der Waals surface area contributed by atoms with Crippen LogP contribution in [0.1, 0.15) is 25.1 Å². The number of aromatic nitrogens is 1. The Balaban J connectivity index is 2.29. The summed E-state index contributed by atoms with van der Waals surface area (Å²) < 4.78 is 0. The molecule has 0 amide bonds. The number of thiazole rings is 1. The average Bonchev–Trinajstić information content (AvgIpc) is 2.88. The molecule has 106 valence electrons. The monoisotopic (exact) mass is 290 g/mol. The van der Waals surface area contributed by atoms with Crippen LogP contribution in [0.3, 0.4) is 0 Å². The number of hydrogen-bond donors (Lipinski definition) is 1. The largest absolute Gasteiger partial charge is 0.481 e. The Morgan fingerprint density at radius 2 is 1.90 bits per heavy atom. The van der Waals surface area contributed by atoms with Crippen LogP contribution < -0.4 is 4.90 Å². The third-order valence-corrected chi connectivity index (χ3v) is 4.29. The van der Waals surface area contributed by atoms with Crippen molar-refractivity contribution in [3.8, 4) is 0 Å². The highest BCUT2D eigenvalue weighted by atomic mass is 32.1. The Bertz CT molecular complexity index is 617. The number of anilines is 2. The van der Waals surface area contributed by atoms with Gasteiger partial charge in [0, 0.05) is 18.1 Å². The normalized spacial score (nSPS) is 11.4. The predicted molar refractivity (Wildman–Crippen MR) is 82.0 cm³/mol. The van der Waals surface area contributed by atoms with E-state index in [1.54, 1.807) is 13.8 Å². The molecule has 2 aromatic rings.